The summed E-state index contributed by atoms with van der Waals surface area (Å²) in [6, 6.07) is 6.06. The van der Waals surface area contributed by atoms with Crippen LogP contribution in [0.4, 0.5) is 11.4 Å². The van der Waals surface area contributed by atoms with Crippen LogP contribution in [-0.4, -0.2) is 20.6 Å². The van der Waals surface area contributed by atoms with Gasteiger partial charge in [0.2, 0.25) is 5.91 Å². The van der Waals surface area contributed by atoms with Crippen molar-refractivity contribution in [3.63, 3.8) is 0 Å². The molecule has 1 aromatic carbocycles. The molecule has 1 aromatic heterocycles. The van der Waals surface area contributed by atoms with Gasteiger partial charge in [0.05, 0.1) is 4.92 Å². The number of amides is 1. The van der Waals surface area contributed by atoms with Gasteiger partial charge in [0.1, 0.15) is 17.4 Å². The van der Waals surface area contributed by atoms with Crippen LogP contribution in [0.5, 0.6) is 0 Å². The number of anilines is 1. The first-order valence-electron chi connectivity index (χ1n) is 6.57. The summed E-state index contributed by atoms with van der Waals surface area (Å²) in [7, 11) is 0. The van der Waals surface area contributed by atoms with Crippen molar-refractivity contribution in [2.75, 3.05) is 5.32 Å². The SMILES string of the molecule is Cc1nn([C@@H](C)C(=O)Nc2cccc(Cl)c2)c(C)c1[N+](=O)[O-]. The van der Waals surface area contributed by atoms with Crippen molar-refractivity contribution in [3.8, 4) is 0 Å². The zero-order chi connectivity index (χ0) is 16.4. The highest BCUT2D eigenvalue weighted by molar-refractivity contribution is 6.30. The molecular formula is C14H15ClN4O3. The maximum atomic E-state index is 12.3. The van der Waals surface area contributed by atoms with Gasteiger partial charge < -0.3 is 5.32 Å². The Bertz CT molecular complexity index is 742. The lowest BCUT2D eigenvalue weighted by Crippen LogP contribution is -2.25. The Morgan fingerprint density at radius 1 is 1.45 bits per heavy atom. The number of carbonyl (C=O) groups excluding carboxylic acids is 1. The van der Waals surface area contributed by atoms with Gasteiger partial charge in [-0.05, 0) is 39.0 Å². The predicted molar refractivity (Wildman–Crippen MR) is 83.1 cm³/mol. The normalized spacial score (nSPS) is 12.0. The van der Waals surface area contributed by atoms with E-state index in [2.05, 4.69) is 10.4 Å². The highest BCUT2D eigenvalue weighted by atomic mass is 35.5. The van der Waals surface area contributed by atoms with E-state index in [-0.39, 0.29) is 17.3 Å². The molecule has 0 spiro atoms. The quantitative estimate of drug-likeness (QED) is 0.691. The molecule has 1 heterocycles. The number of hydrogen-bond acceptors (Lipinski definition) is 4. The molecule has 0 saturated heterocycles. The Balaban J connectivity index is 2.24. The molecule has 1 amide bonds. The molecule has 0 aliphatic rings. The maximum Gasteiger partial charge on any atom is 0.312 e. The molecule has 2 rings (SSSR count). The van der Waals surface area contributed by atoms with Crippen molar-refractivity contribution in [1.82, 2.24) is 9.78 Å². The van der Waals surface area contributed by atoms with E-state index in [1.165, 1.54) is 4.68 Å². The zero-order valence-electron chi connectivity index (χ0n) is 12.3. The van der Waals surface area contributed by atoms with Crippen LogP contribution >= 0.6 is 11.6 Å². The van der Waals surface area contributed by atoms with Gasteiger partial charge in [-0.25, -0.2) is 0 Å². The molecule has 8 heteroatoms. The Morgan fingerprint density at radius 3 is 2.68 bits per heavy atom. The van der Waals surface area contributed by atoms with Crippen molar-refractivity contribution >= 4 is 28.9 Å². The third-order valence-corrected chi connectivity index (χ3v) is 3.54. The fraction of sp³-hybridized carbons (Fsp3) is 0.286. The van der Waals surface area contributed by atoms with E-state index in [1.807, 2.05) is 0 Å². The van der Waals surface area contributed by atoms with Gasteiger partial charge in [-0.2, -0.15) is 5.10 Å². The van der Waals surface area contributed by atoms with Crippen LogP contribution in [0, 0.1) is 24.0 Å². The second-order valence-corrected chi connectivity index (χ2v) is 5.33. The minimum Gasteiger partial charge on any atom is -0.324 e. The van der Waals surface area contributed by atoms with Crippen molar-refractivity contribution in [2.24, 2.45) is 0 Å². The van der Waals surface area contributed by atoms with Gasteiger partial charge in [0.25, 0.3) is 0 Å². The minimum absolute atomic E-state index is 0.0672. The average Bonchev–Trinajstić information content (AvgIpc) is 2.73. The number of nitrogens with one attached hydrogen (secondary N) is 1. The highest BCUT2D eigenvalue weighted by Crippen LogP contribution is 2.25. The standard InChI is InChI=1S/C14H15ClN4O3/c1-8-13(19(21)22)9(2)18(17-8)10(3)14(20)16-12-6-4-5-11(15)7-12/h4-7,10H,1-3H3,(H,16,20)/t10-/m0/s1. The number of aromatic nitrogens is 2. The lowest BCUT2D eigenvalue weighted by molar-refractivity contribution is -0.386. The highest BCUT2D eigenvalue weighted by Gasteiger charge is 2.27. The summed E-state index contributed by atoms with van der Waals surface area (Å²) in [6.07, 6.45) is 0. The second kappa shape index (κ2) is 6.15. The minimum atomic E-state index is -0.689. The molecule has 0 aliphatic heterocycles. The topological polar surface area (TPSA) is 90.1 Å². The average molecular weight is 323 g/mol. The van der Waals surface area contributed by atoms with E-state index in [4.69, 9.17) is 11.6 Å². The van der Waals surface area contributed by atoms with Crippen LogP contribution in [0.25, 0.3) is 0 Å². The summed E-state index contributed by atoms with van der Waals surface area (Å²) in [5.41, 5.74) is 1.11. The number of aryl methyl sites for hydroxylation is 1. The summed E-state index contributed by atoms with van der Waals surface area (Å²) in [4.78, 5) is 22.8. The van der Waals surface area contributed by atoms with Gasteiger partial charge in [-0.3, -0.25) is 19.6 Å². The molecule has 0 unspecified atom stereocenters. The van der Waals surface area contributed by atoms with E-state index in [0.717, 1.165) is 0 Å². The van der Waals surface area contributed by atoms with Gasteiger partial charge in [0, 0.05) is 10.7 Å². The zero-order valence-corrected chi connectivity index (χ0v) is 13.1. The van der Waals surface area contributed by atoms with Gasteiger partial charge in [-0.15, -0.1) is 0 Å². The van der Waals surface area contributed by atoms with E-state index >= 15 is 0 Å². The summed E-state index contributed by atoms with van der Waals surface area (Å²) < 4.78 is 1.35. The number of carbonyl (C=O) groups is 1. The summed E-state index contributed by atoms with van der Waals surface area (Å²) in [6.45, 7) is 4.74. The van der Waals surface area contributed by atoms with Crippen molar-refractivity contribution in [1.29, 1.82) is 0 Å². The fourth-order valence-corrected chi connectivity index (χ4v) is 2.41. The van der Waals surface area contributed by atoms with E-state index in [1.54, 1.807) is 45.0 Å². The second-order valence-electron chi connectivity index (χ2n) is 4.90. The van der Waals surface area contributed by atoms with E-state index in [9.17, 15) is 14.9 Å². The van der Waals surface area contributed by atoms with E-state index in [0.29, 0.717) is 16.4 Å². The molecule has 2 aromatic rings. The number of hydrogen-bond donors (Lipinski definition) is 1. The van der Waals surface area contributed by atoms with Gasteiger partial charge in [-0.1, -0.05) is 17.7 Å². The van der Waals surface area contributed by atoms with Crippen LogP contribution < -0.4 is 5.32 Å². The summed E-state index contributed by atoms with van der Waals surface area (Å²) >= 11 is 5.87. The number of nitrogens with zero attached hydrogens (tertiary/aromatic N) is 3. The molecular weight excluding hydrogens is 308 g/mol. The summed E-state index contributed by atoms with van der Waals surface area (Å²) in [5.74, 6) is -0.331. The Labute approximate surface area is 132 Å². The molecule has 7 nitrogen and oxygen atoms in total. The number of benzene rings is 1. The van der Waals surface area contributed by atoms with Crippen molar-refractivity contribution < 1.29 is 9.72 Å². The third-order valence-electron chi connectivity index (χ3n) is 3.31. The van der Waals surface area contributed by atoms with Crippen molar-refractivity contribution in [2.45, 2.75) is 26.8 Å². The molecule has 1 N–H and O–H groups in total. The van der Waals surface area contributed by atoms with Crippen LogP contribution in [0.15, 0.2) is 24.3 Å². The lowest BCUT2D eigenvalue weighted by atomic mass is 10.2. The number of halogens is 1. The molecule has 0 aliphatic carbocycles. The third kappa shape index (κ3) is 3.09. The summed E-state index contributed by atoms with van der Waals surface area (Å²) in [5, 5.41) is 18.3. The molecule has 0 fully saturated rings. The smallest absolute Gasteiger partial charge is 0.312 e. The van der Waals surface area contributed by atoms with Crippen LogP contribution in [0.3, 0.4) is 0 Å². The maximum absolute atomic E-state index is 12.3. The fourth-order valence-electron chi connectivity index (χ4n) is 2.22. The first-order chi connectivity index (χ1) is 10.3. The Hall–Kier alpha value is -2.41. The monoisotopic (exact) mass is 322 g/mol. The van der Waals surface area contributed by atoms with Crippen LogP contribution in [0.1, 0.15) is 24.4 Å². The molecule has 1 atom stereocenters. The molecule has 116 valence electrons. The lowest BCUT2D eigenvalue weighted by Gasteiger charge is -2.14. The van der Waals surface area contributed by atoms with Gasteiger partial charge in [0.15, 0.2) is 0 Å². The number of rotatable bonds is 4. The molecule has 0 radical (unpaired) electrons. The van der Waals surface area contributed by atoms with E-state index < -0.39 is 11.0 Å². The van der Waals surface area contributed by atoms with Crippen molar-refractivity contribution in [3.05, 3.63) is 50.8 Å². The van der Waals surface area contributed by atoms with Gasteiger partial charge >= 0.3 is 5.69 Å². The molecule has 0 saturated carbocycles. The van der Waals surface area contributed by atoms with Crippen LogP contribution in [-0.2, 0) is 4.79 Å². The first-order valence-corrected chi connectivity index (χ1v) is 6.95. The number of nitro groups is 1. The first kappa shape index (κ1) is 16.0. The molecule has 0 bridgehead atoms. The van der Waals surface area contributed by atoms with Crippen LogP contribution in [0.2, 0.25) is 5.02 Å². The predicted octanol–water partition coefficient (Wildman–Crippen LogP) is 3.26. The Kier molecular flexibility index (Phi) is 4.46. The largest absolute Gasteiger partial charge is 0.324 e. The molecule has 22 heavy (non-hydrogen) atoms. The Morgan fingerprint density at radius 2 is 2.14 bits per heavy atom.